The number of imidazole rings is 1. The molecule has 0 saturated carbocycles. The molecule has 1 unspecified atom stereocenters. The Morgan fingerprint density at radius 1 is 1.22 bits per heavy atom. The number of fused-ring (bicyclic) bond motifs is 1. The zero-order chi connectivity index (χ0) is 29.5. The number of thiazole rings is 1. The Kier molecular flexibility index (Phi) is 7.58. The molecule has 1 N–H and O–H groups in total. The summed E-state index contributed by atoms with van der Waals surface area (Å²) in [5.41, 5.74) is 0.222. The Bertz CT molecular complexity index is 1880. The molecule has 0 spiro atoms. The number of methoxy groups -OCH3 is 1. The molecule has 41 heavy (non-hydrogen) atoms. The predicted octanol–water partition coefficient (Wildman–Crippen LogP) is 3.39. The molecule has 1 aliphatic rings. The largest absolute Gasteiger partial charge is 0.493 e. The van der Waals surface area contributed by atoms with E-state index in [0.717, 1.165) is 17.7 Å². The minimum absolute atomic E-state index is 0.000164. The first-order chi connectivity index (χ1) is 19.5. The van der Waals surface area contributed by atoms with Gasteiger partial charge >= 0.3 is 17.0 Å². The minimum Gasteiger partial charge on any atom is -0.493 e. The number of carbonyl (C=O) groups is 1. The van der Waals surface area contributed by atoms with Crippen molar-refractivity contribution in [2.75, 3.05) is 7.11 Å². The fourth-order valence-electron chi connectivity index (χ4n) is 4.60. The number of ether oxygens (including phenoxy) is 1. The number of nitrogens with zero attached hydrogens (tertiary/aromatic N) is 5. The van der Waals surface area contributed by atoms with Gasteiger partial charge in [0.1, 0.15) is 6.04 Å². The van der Waals surface area contributed by atoms with Gasteiger partial charge in [0.15, 0.2) is 0 Å². The topological polar surface area (TPSA) is 111 Å². The van der Waals surface area contributed by atoms with E-state index in [1.807, 2.05) is 0 Å². The van der Waals surface area contributed by atoms with Gasteiger partial charge < -0.3 is 14.4 Å². The highest BCUT2D eigenvalue weighted by molar-refractivity contribution is 7.10. The van der Waals surface area contributed by atoms with Crippen LogP contribution in [0.4, 0.5) is 13.2 Å². The van der Waals surface area contributed by atoms with Crippen LogP contribution in [0.5, 0.6) is 5.88 Å². The second-order valence-electron chi connectivity index (χ2n) is 9.24. The molecule has 9 nitrogen and oxygen atoms in total. The van der Waals surface area contributed by atoms with Crippen molar-refractivity contribution in [3.8, 4) is 5.88 Å². The lowest BCUT2D eigenvalue weighted by Gasteiger charge is -2.17. The van der Waals surface area contributed by atoms with Gasteiger partial charge in [-0.05, 0) is 40.6 Å². The lowest BCUT2D eigenvalue weighted by molar-refractivity contribution is -0.144. The highest BCUT2D eigenvalue weighted by Crippen LogP contribution is 2.38. The Morgan fingerprint density at radius 3 is 2.68 bits per heavy atom. The van der Waals surface area contributed by atoms with E-state index < -0.39 is 34.5 Å². The van der Waals surface area contributed by atoms with Crippen molar-refractivity contribution in [2.45, 2.75) is 25.1 Å². The van der Waals surface area contributed by atoms with Gasteiger partial charge in [0, 0.05) is 36.7 Å². The lowest BCUT2D eigenvalue weighted by Crippen LogP contribution is -2.29. The van der Waals surface area contributed by atoms with Crippen LogP contribution in [0.2, 0.25) is 5.02 Å². The quantitative estimate of drug-likeness (QED) is 0.326. The molecular formula is C27H21ClF3N5O4S. The third-order valence-electron chi connectivity index (χ3n) is 6.52. The van der Waals surface area contributed by atoms with Crippen LogP contribution in [-0.4, -0.2) is 38.5 Å². The molecule has 212 valence electrons. The summed E-state index contributed by atoms with van der Waals surface area (Å²) in [6.07, 6.45) is -0.444. The van der Waals surface area contributed by atoms with Crippen LogP contribution in [0.25, 0.3) is 5.57 Å². The van der Waals surface area contributed by atoms with Crippen LogP contribution < -0.4 is 15.4 Å². The van der Waals surface area contributed by atoms with Crippen LogP contribution >= 0.6 is 22.9 Å². The summed E-state index contributed by atoms with van der Waals surface area (Å²) in [5.74, 6) is -1.38. The van der Waals surface area contributed by atoms with Crippen LogP contribution in [0.15, 0.2) is 63.9 Å². The van der Waals surface area contributed by atoms with Crippen molar-refractivity contribution in [2.24, 2.45) is 17.3 Å². The molecule has 2 aromatic heterocycles. The molecule has 14 heteroatoms. The van der Waals surface area contributed by atoms with Gasteiger partial charge in [-0.15, -0.1) is 0 Å². The Hall–Kier alpha value is -4.23. The molecule has 0 aliphatic carbocycles. The van der Waals surface area contributed by atoms with Gasteiger partial charge in [0.25, 0.3) is 0 Å². The Labute approximate surface area is 239 Å². The predicted molar refractivity (Wildman–Crippen MR) is 146 cm³/mol. The van der Waals surface area contributed by atoms with Gasteiger partial charge in [0.05, 0.1) is 41.1 Å². The molecule has 0 saturated heterocycles. The fraction of sp³-hybridized carbons (Fsp3) is 0.222. The van der Waals surface area contributed by atoms with Crippen molar-refractivity contribution in [1.29, 1.82) is 0 Å². The van der Waals surface area contributed by atoms with E-state index in [1.54, 1.807) is 36.0 Å². The van der Waals surface area contributed by atoms with Crippen molar-refractivity contribution < 1.29 is 27.8 Å². The number of hydrogen-bond donors (Lipinski definition) is 1. The first-order valence-electron chi connectivity index (χ1n) is 12.1. The smallest absolute Gasteiger partial charge is 0.416 e. The minimum atomic E-state index is -4.71. The SMILES string of the molecule is COC(=O)C(Cc1cn(C)cn1)n1c(O)c(C(Cc2ccc(Cl)cc2C(F)(F)F)=c2ccc3c(c2)C=NN=3)sc1=O. The van der Waals surface area contributed by atoms with Crippen molar-refractivity contribution in [3.05, 3.63) is 101 Å². The van der Waals surface area contributed by atoms with E-state index in [2.05, 4.69) is 15.2 Å². The van der Waals surface area contributed by atoms with Crippen LogP contribution in [0, 0.1) is 0 Å². The fourth-order valence-corrected chi connectivity index (χ4v) is 5.76. The second-order valence-corrected chi connectivity index (χ2v) is 10.6. The highest BCUT2D eigenvalue weighted by atomic mass is 35.5. The number of halogens is 4. The van der Waals surface area contributed by atoms with Crippen LogP contribution in [0.1, 0.15) is 33.3 Å². The van der Waals surface area contributed by atoms with Gasteiger partial charge in [-0.2, -0.15) is 23.4 Å². The van der Waals surface area contributed by atoms with E-state index in [0.29, 0.717) is 33.2 Å². The number of aromatic nitrogens is 3. The van der Waals surface area contributed by atoms with Crippen molar-refractivity contribution in [1.82, 2.24) is 14.1 Å². The third-order valence-corrected chi connectivity index (χ3v) is 7.76. The Morgan fingerprint density at radius 2 is 2.00 bits per heavy atom. The molecule has 1 atom stereocenters. The van der Waals surface area contributed by atoms with Gasteiger partial charge in [0.2, 0.25) is 5.88 Å². The maximum Gasteiger partial charge on any atom is 0.416 e. The third kappa shape index (κ3) is 5.68. The number of aryl methyl sites for hydroxylation is 1. The molecular weight excluding hydrogens is 583 g/mol. The van der Waals surface area contributed by atoms with Crippen LogP contribution in [0.3, 0.4) is 0 Å². The Balaban J connectivity index is 1.71. The number of esters is 1. The monoisotopic (exact) mass is 603 g/mol. The molecule has 0 bridgehead atoms. The van der Waals surface area contributed by atoms with Gasteiger partial charge in [-0.25, -0.2) is 9.78 Å². The summed E-state index contributed by atoms with van der Waals surface area (Å²) in [4.78, 5) is 29.6. The molecule has 5 rings (SSSR count). The maximum absolute atomic E-state index is 14.0. The van der Waals surface area contributed by atoms with Crippen LogP contribution in [-0.2, 0) is 35.6 Å². The van der Waals surface area contributed by atoms with E-state index in [4.69, 9.17) is 16.3 Å². The number of hydrogen-bond acceptors (Lipinski definition) is 8. The molecule has 0 amide bonds. The van der Waals surface area contributed by atoms with E-state index >= 15 is 0 Å². The zero-order valence-corrected chi connectivity index (χ0v) is 23.1. The first kappa shape index (κ1) is 28.3. The normalized spacial score (nSPS) is 14.0. The number of alkyl halides is 3. The molecule has 0 fully saturated rings. The van der Waals surface area contributed by atoms with Gasteiger partial charge in [-0.3, -0.25) is 9.36 Å². The summed E-state index contributed by atoms with van der Waals surface area (Å²) in [5, 5.41) is 20.2. The van der Waals surface area contributed by atoms with E-state index in [1.165, 1.54) is 24.7 Å². The maximum atomic E-state index is 14.0. The van der Waals surface area contributed by atoms with E-state index in [9.17, 15) is 27.9 Å². The van der Waals surface area contributed by atoms with Crippen molar-refractivity contribution >= 4 is 40.7 Å². The molecule has 2 aromatic carbocycles. The molecule has 0 radical (unpaired) electrons. The number of carbonyl (C=O) groups excluding carboxylic acids is 1. The second kappa shape index (κ2) is 11.0. The number of rotatable bonds is 7. The zero-order valence-electron chi connectivity index (χ0n) is 21.5. The summed E-state index contributed by atoms with van der Waals surface area (Å²) >= 11 is 6.50. The summed E-state index contributed by atoms with van der Waals surface area (Å²) < 4.78 is 49.4. The first-order valence-corrected chi connectivity index (χ1v) is 13.2. The number of benzene rings is 2. The van der Waals surface area contributed by atoms with Gasteiger partial charge in [-0.1, -0.05) is 35.1 Å². The summed E-state index contributed by atoms with van der Waals surface area (Å²) in [7, 11) is 2.88. The summed E-state index contributed by atoms with van der Waals surface area (Å²) in [6, 6.07) is 7.06. The lowest BCUT2D eigenvalue weighted by atomic mass is 9.96. The highest BCUT2D eigenvalue weighted by Gasteiger charge is 2.35. The average Bonchev–Trinajstić information content (AvgIpc) is 3.64. The van der Waals surface area contributed by atoms with Crippen molar-refractivity contribution in [3.63, 3.8) is 0 Å². The average molecular weight is 604 g/mol. The number of aromatic hydroxyl groups is 1. The molecule has 1 aliphatic heterocycles. The molecule has 4 aromatic rings. The standard InChI is InChI=1S/C27H21ClF3N5O4S/c1-35-12-18(32-13-35)10-22(25(38)40-2)36-24(37)23(41-26(36)39)19(14-4-6-21-16(7-14)11-33-34-21)8-15-3-5-17(28)9-20(15)27(29,30)31/h3-7,9,11-13,22,37H,8,10H2,1-2H3. The molecule has 3 heterocycles. The van der Waals surface area contributed by atoms with E-state index in [-0.39, 0.29) is 33.9 Å². The summed E-state index contributed by atoms with van der Waals surface area (Å²) in [6.45, 7) is 0.